The number of nitrogens with one attached hydrogen (secondary N) is 1. The molecule has 0 radical (unpaired) electrons. The van der Waals surface area contributed by atoms with Gasteiger partial charge in [0.1, 0.15) is 0 Å². The lowest BCUT2D eigenvalue weighted by Gasteiger charge is -2.34. The van der Waals surface area contributed by atoms with Crippen molar-refractivity contribution in [1.82, 2.24) is 4.31 Å². The topological polar surface area (TPSA) is 41.8 Å². The highest BCUT2D eigenvalue weighted by Crippen LogP contribution is 2.15. The van der Waals surface area contributed by atoms with E-state index in [4.69, 9.17) is 0 Å². The Kier molecular flexibility index (Phi) is 4.44. The largest absolute Gasteiger partial charge is 0.330 e. The molecule has 1 saturated carbocycles. The highest BCUT2D eigenvalue weighted by atomic mass is 32.2. The van der Waals surface area contributed by atoms with E-state index in [9.17, 15) is 8.42 Å². The highest BCUT2D eigenvalue weighted by molar-refractivity contribution is 7.89. The summed E-state index contributed by atoms with van der Waals surface area (Å²) in [4.78, 5) is 1.64. The number of piperazine rings is 1. The highest BCUT2D eigenvalue weighted by Gasteiger charge is 2.33. The molecule has 1 aliphatic carbocycles. The number of sulfonamides is 1. The average molecular weight is 261 g/mol. The van der Waals surface area contributed by atoms with E-state index in [2.05, 4.69) is 0 Å². The van der Waals surface area contributed by atoms with E-state index in [0.29, 0.717) is 5.75 Å². The first kappa shape index (κ1) is 13.3. The fourth-order valence-electron chi connectivity index (χ4n) is 3.18. The van der Waals surface area contributed by atoms with Crippen LogP contribution in [0.4, 0.5) is 0 Å². The Morgan fingerprint density at radius 1 is 1.18 bits per heavy atom. The molecule has 2 aliphatic rings. The van der Waals surface area contributed by atoms with Crippen LogP contribution in [-0.4, -0.2) is 50.7 Å². The van der Waals surface area contributed by atoms with Gasteiger partial charge in [0.05, 0.1) is 38.0 Å². The quantitative estimate of drug-likeness (QED) is 0.766. The summed E-state index contributed by atoms with van der Waals surface area (Å²) < 4.78 is 25.6. The van der Waals surface area contributed by atoms with Crippen molar-refractivity contribution in [2.24, 2.45) is 0 Å². The summed E-state index contributed by atoms with van der Waals surface area (Å²) >= 11 is 0. The van der Waals surface area contributed by atoms with Crippen LogP contribution in [0.25, 0.3) is 0 Å². The van der Waals surface area contributed by atoms with Gasteiger partial charge in [0.2, 0.25) is 10.0 Å². The molecule has 1 saturated heterocycles. The maximum Gasteiger partial charge on any atom is 0.214 e. The Morgan fingerprint density at radius 3 is 2.29 bits per heavy atom. The van der Waals surface area contributed by atoms with E-state index in [-0.39, 0.29) is 0 Å². The van der Waals surface area contributed by atoms with E-state index < -0.39 is 10.0 Å². The van der Waals surface area contributed by atoms with Crippen LogP contribution in [0.3, 0.4) is 0 Å². The molecule has 0 unspecified atom stereocenters. The Hall–Kier alpha value is -0.130. The normalized spacial score (nSPS) is 25.5. The van der Waals surface area contributed by atoms with Crippen molar-refractivity contribution in [1.29, 1.82) is 0 Å². The summed E-state index contributed by atoms with van der Waals surface area (Å²) in [6.45, 7) is 5.40. The molecule has 100 valence electrons. The maximum atomic E-state index is 11.9. The Morgan fingerprint density at radius 2 is 1.76 bits per heavy atom. The second-order valence-corrected chi connectivity index (χ2v) is 7.44. The van der Waals surface area contributed by atoms with Crippen molar-refractivity contribution in [3.8, 4) is 0 Å². The third-order valence-electron chi connectivity index (χ3n) is 4.15. The van der Waals surface area contributed by atoms with Crippen LogP contribution in [0.1, 0.15) is 39.0 Å². The van der Waals surface area contributed by atoms with Gasteiger partial charge in [0.25, 0.3) is 0 Å². The zero-order valence-electron chi connectivity index (χ0n) is 10.8. The second kappa shape index (κ2) is 5.67. The summed E-state index contributed by atoms with van der Waals surface area (Å²) in [5, 5.41) is 0. The number of hydrogen-bond acceptors (Lipinski definition) is 2. The first-order valence-corrected chi connectivity index (χ1v) is 8.57. The maximum absolute atomic E-state index is 11.9. The van der Waals surface area contributed by atoms with Crippen LogP contribution < -0.4 is 4.90 Å². The van der Waals surface area contributed by atoms with Crippen molar-refractivity contribution in [2.45, 2.75) is 45.1 Å². The van der Waals surface area contributed by atoms with Crippen LogP contribution >= 0.6 is 0 Å². The number of rotatable bonds is 4. The SMILES string of the molecule is CCCS(=O)(=O)N1CC[NH+](C2CCCC2)CC1. The van der Waals surface area contributed by atoms with E-state index in [1.54, 1.807) is 9.21 Å². The van der Waals surface area contributed by atoms with Gasteiger partial charge in [-0.1, -0.05) is 6.92 Å². The Bertz CT molecular complexity index is 328. The van der Waals surface area contributed by atoms with Gasteiger partial charge in [-0.2, -0.15) is 4.31 Å². The van der Waals surface area contributed by atoms with Crippen LogP contribution in [-0.2, 0) is 10.0 Å². The van der Waals surface area contributed by atoms with Crippen molar-refractivity contribution < 1.29 is 13.3 Å². The summed E-state index contributed by atoms with van der Waals surface area (Å²) in [7, 11) is -2.96. The van der Waals surface area contributed by atoms with Gasteiger partial charge in [-0.3, -0.25) is 0 Å². The molecule has 0 bridgehead atoms. The molecule has 2 rings (SSSR count). The molecule has 0 aromatic heterocycles. The molecule has 0 atom stereocenters. The molecule has 0 aromatic carbocycles. The summed E-state index contributed by atoms with van der Waals surface area (Å²) in [6, 6.07) is 0.811. The number of nitrogens with zero attached hydrogens (tertiary/aromatic N) is 1. The first-order chi connectivity index (χ1) is 8.13. The van der Waals surface area contributed by atoms with E-state index in [1.165, 1.54) is 25.7 Å². The molecular weight excluding hydrogens is 236 g/mol. The molecule has 0 spiro atoms. The summed E-state index contributed by atoms with van der Waals surface area (Å²) in [6.07, 6.45) is 6.14. The lowest BCUT2D eigenvalue weighted by atomic mass is 10.2. The van der Waals surface area contributed by atoms with E-state index in [0.717, 1.165) is 38.6 Å². The minimum absolute atomic E-state index is 0.311. The molecule has 4 nitrogen and oxygen atoms in total. The predicted octanol–water partition coefficient (Wildman–Crippen LogP) is -0.131. The third kappa shape index (κ3) is 3.20. The van der Waals surface area contributed by atoms with Gasteiger partial charge in [0.15, 0.2) is 0 Å². The van der Waals surface area contributed by atoms with Gasteiger partial charge in [-0.15, -0.1) is 0 Å². The smallest absolute Gasteiger partial charge is 0.214 e. The monoisotopic (exact) mass is 261 g/mol. The van der Waals surface area contributed by atoms with Crippen molar-refractivity contribution >= 4 is 10.0 Å². The van der Waals surface area contributed by atoms with Crippen molar-refractivity contribution in [2.75, 3.05) is 31.9 Å². The zero-order chi connectivity index (χ0) is 12.3. The van der Waals surface area contributed by atoms with Crippen molar-refractivity contribution in [3.05, 3.63) is 0 Å². The van der Waals surface area contributed by atoms with E-state index >= 15 is 0 Å². The second-order valence-electron chi connectivity index (χ2n) is 5.35. The van der Waals surface area contributed by atoms with Crippen LogP contribution in [0.2, 0.25) is 0 Å². The predicted molar refractivity (Wildman–Crippen MR) is 68.6 cm³/mol. The average Bonchev–Trinajstić information content (AvgIpc) is 2.82. The molecule has 2 fully saturated rings. The fraction of sp³-hybridized carbons (Fsp3) is 1.00. The minimum Gasteiger partial charge on any atom is -0.330 e. The van der Waals surface area contributed by atoms with Crippen LogP contribution in [0.5, 0.6) is 0 Å². The Labute approximate surface area is 105 Å². The van der Waals surface area contributed by atoms with Crippen LogP contribution in [0, 0.1) is 0 Å². The van der Waals surface area contributed by atoms with Gasteiger partial charge >= 0.3 is 0 Å². The number of quaternary nitrogens is 1. The number of hydrogen-bond donors (Lipinski definition) is 1. The molecular formula is C12H25N2O2S+. The lowest BCUT2D eigenvalue weighted by Crippen LogP contribution is -3.18. The lowest BCUT2D eigenvalue weighted by molar-refractivity contribution is -0.928. The molecule has 1 aliphatic heterocycles. The zero-order valence-corrected chi connectivity index (χ0v) is 11.6. The van der Waals surface area contributed by atoms with Gasteiger partial charge < -0.3 is 4.90 Å². The van der Waals surface area contributed by atoms with Crippen LogP contribution in [0.15, 0.2) is 0 Å². The van der Waals surface area contributed by atoms with Gasteiger partial charge in [-0.05, 0) is 32.1 Å². The fourth-order valence-corrected chi connectivity index (χ4v) is 4.69. The molecule has 1 heterocycles. The van der Waals surface area contributed by atoms with E-state index in [1.807, 2.05) is 6.92 Å². The van der Waals surface area contributed by atoms with Gasteiger partial charge in [0, 0.05) is 0 Å². The molecule has 0 amide bonds. The summed E-state index contributed by atoms with van der Waals surface area (Å²) in [5.74, 6) is 0.311. The summed E-state index contributed by atoms with van der Waals surface area (Å²) in [5.41, 5.74) is 0. The minimum atomic E-state index is -2.96. The third-order valence-corrected chi connectivity index (χ3v) is 6.23. The molecule has 17 heavy (non-hydrogen) atoms. The molecule has 5 heteroatoms. The first-order valence-electron chi connectivity index (χ1n) is 6.96. The molecule has 1 N–H and O–H groups in total. The van der Waals surface area contributed by atoms with Gasteiger partial charge in [-0.25, -0.2) is 8.42 Å². The standard InChI is InChI=1S/C12H24N2O2S/c1-2-11-17(15,16)14-9-7-13(8-10-14)12-5-3-4-6-12/h12H,2-11H2,1H3/p+1. The molecule has 0 aromatic rings. The Balaban J connectivity index is 1.85. The van der Waals surface area contributed by atoms with Crippen molar-refractivity contribution in [3.63, 3.8) is 0 Å².